The van der Waals surface area contributed by atoms with Crippen molar-refractivity contribution in [3.05, 3.63) is 88.4 Å². The van der Waals surface area contributed by atoms with Crippen molar-refractivity contribution in [3.8, 4) is 0 Å². The summed E-state index contributed by atoms with van der Waals surface area (Å²) in [4.78, 5) is 32.7. The molecule has 34 heavy (non-hydrogen) atoms. The molecule has 5 rings (SSSR count). The summed E-state index contributed by atoms with van der Waals surface area (Å²) in [6, 6.07) is 15.3. The molecular weight excluding hydrogens is 451 g/mol. The van der Waals surface area contributed by atoms with Crippen LogP contribution >= 0.6 is 0 Å². The second kappa shape index (κ2) is 7.94. The van der Waals surface area contributed by atoms with E-state index in [1.54, 1.807) is 6.07 Å². The van der Waals surface area contributed by atoms with Crippen molar-refractivity contribution in [3.63, 3.8) is 0 Å². The summed E-state index contributed by atoms with van der Waals surface area (Å²) in [6.45, 7) is 1.52. The minimum Gasteiger partial charge on any atom is -0.454 e. The third kappa shape index (κ3) is 3.96. The smallest absolute Gasteiger partial charge is 0.453 e. The summed E-state index contributed by atoms with van der Waals surface area (Å²) in [6.07, 6.45) is -4.79. The number of anilines is 1. The van der Waals surface area contributed by atoms with Crippen LogP contribution in [-0.2, 0) is 17.3 Å². The van der Waals surface area contributed by atoms with Crippen LogP contribution in [0.1, 0.15) is 49.5 Å². The number of carbonyl (C=O) groups is 2. The van der Waals surface area contributed by atoms with Crippen molar-refractivity contribution < 1.29 is 27.5 Å². The Kier molecular flexibility index (Phi) is 5.03. The maximum absolute atomic E-state index is 12.9. The highest BCUT2D eigenvalue weighted by atomic mass is 19.4. The number of fused-ring (bicyclic) bond motifs is 2. The lowest BCUT2D eigenvalue weighted by Crippen LogP contribution is -2.23. The van der Waals surface area contributed by atoms with Gasteiger partial charge in [0.1, 0.15) is 11.9 Å². The largest absolute Gasteiger partial charge is 0.454 e. The number of cyclic esters (lactones) is 1. The summed E-state index contributed by atoms with van der Waals surface area (Å²) < 4.78 is 45.2. The minimum atomic E-state index is -4.72. The molecule has 0 saturated heterocycles. The summed E-state index contributed by atoms with van der Waals surface area (Å²) in [7, 11) is 0. The van der Waals surface area contributed by atoms with Gasteiger partial charge in [-0.15, -0.1) is 5.10 Å². The number of rotatable bonds is 3. The van der Waals surface area contributed by atoms with E-state index in [0.717, 1.165) is 10.1 Å². The van der Waals surface area contributed by atoms with Gasteiger partial charge in [0.25, 0.3) is 17.5 Å². The van der Waals surface area contributed by atoms with E-state index in [-0.39, 0.29) is 17.2 Å². The zero-order chi connectivity index (χ0) is 24.0. The molecule has 11 heteroatoms. The predicted octanol–water partition coefficient (Wildman–Crippen LogP) is 4.16. The fraction of sp³-hybridized carbons (Fsp3) is 0.174. The number of halogens is 3. The van der Waals surface area contributed by atoms with Crippen molar-refractivity contribution >= 4 is 23.5 Å². The average molecular weight is 467 g/mol. The molecule has 0 saturated carbocycles. The van der Waals surface area contributed by atoms with Gasteiger partial charge in [-0.25, -0.2) is 9.31 Å². The molecule has 1 amide bonds. The van der Waals surface area contributed by atoms with Crippen LogP contribution in [0.25, 0.3) is 5.78 Å². The van der Waals surface area contributed by atoms with Gasteiger partial charge in [0.2, 0.25) is 0 Å². The lowest BCUT2D eigenvalue weighted by molar-refractivity contribution is -0.144. The van der Waals surface area contributed by atoms with Gasteiger partial charge in [-0.1, -0.05) is 30.3 Å². The number of carbonyl (C=O) groups excluding carboxylic acids is 2. The summed E-state index contributed by atoms with van der Waals surface area (Å²) in [5, 5.41) is 5.98. The molecule has 1 N–H and O–H groups in total. The first kappa shape index (κ1) is 21.6. The highest BCUT2D eigenvalue weighted by Gasteiger charge is 2.36. The summed E-state index contributed by atoms with van der Waals surface area (Å²) >= 11 is 0. The summed E-state index contributed by atoms with van der Waals surface area (Å²) in [5.41, 5.74) is 2.45. The molecule has 1 unspecified atom stereocenters. The van der Waals surface area contributed by atoms with Gasteiger partial charge in [0.15, 0.2) is 0 Å². The first-order valence-electron chi connectivity index (χ1n) is 10.2. The number of hydrogen-bond acceptors (Lipinski definition) is 6. The number of ether oxygens (including phenoxy) is 1. The Labute approximate surface area is 190 Å². The molecule has 0 bridgehead atoms. The highest BCUT2D eigenvalue weighted by Crippen LogP contribution is 2.31. The van der Waals surface area contributed by atoms with Crippen LogP contribution in [0.4, 0.5) is 19.0 Å². The van der Waals surface area contributed by atoms with Gasteiger partial charge < -0.3 is 10.1 Å². The zero-order valence-electron chi connectivity index (χ0n) is 17.6. The Hall–Kier alpha value is -4.28. The molecule has 1 aliphatic rings. The average Bonchev–Trinajstić information content (AvgIpc) is 3.25. The first-order chi connectivity index (χ1) is 16.2. The number of benzene rings is 2. The van der Waals surface area contributed by atoms with E-state index in [1.807, 2.05) is 30.3 Å². The molecule has 2 aromatic heterocycles. The Morgan fingerprint density at radius 3 is 2.62 bits per heavy atom. The van der Waals surface area contributed by atoms with Crippen LogP contribution in [0.2, 0.25) is 0 Å². The molecular formula is C23H16F3N5O3. The molecule has 172 valence electrons. The predicted molar refractivity (Wildman–Crippen MR) is 113 cm³/mol. The third-order valence-electron chi connectivity index (χ3n) is 5.40. The maximum Gasteiger partial charge on any atom is 0.453 e. The van der Waals surface area contributed by atoms with Gasteiger partial charge >= 0.3 is 12.1 Å². The van der Waals surface area contributed by atoms with E-state index in [0.29, 0.717) is 23.2 Å². The number of nitrogens with one attached hydrogen (secondary N) is 1. The van der Waals surface area contributed by atoms with Gasteiger partial charge in [0, 0.05) is 23.7 Å². The van der Waals surface area contributed by atoms with Gasteiger partial charge in [-0.3, -0.25) is 4.79 Å². The molecule has 1 aliphatic heterocycles. The Morgan fingerprint density at radius 1 is 1.12 bits per heavy atom. The van der Waals surface area contributed by atoms with Crippen molar-refractivity contribution in [2.75, 3.05) is 5.32 Å². The van der Waals surface area contributed by atoms with Gasteiger partial charge in [-0.05, 0) is 36.2 Å². The Balaban J connectivity index is 1.41. The van der Waals surface area contributed by atoms with E-state index in [4.69, 9.17) is 4.74 Å². The molecule has 0 fully saturated rings. The minimum absolute atomic E-state index is 0.0235. The van der Waals surface area contributed by atoms with Crippen molar-refractivity contribution in [1.82, 2.24) is 19.6 Å². The number of aryl methyl sites for hydroxylation is 1. The van der Waals surface area contributed by atoms with Crippen LogP contribution in [0, 0.1) is 6.92 Å². The van der Waals surface area contributed by atoms with Crippen LogP contribution in [0.3, 0.4) is 0 Å². The van der Waals surface area contributed by atoms with Crippen molar-refractivity contribution in [1.29, 1.82) is 0 Å². The quantitative estimate of drug-likeness (QED) is 0.455. The van der Waals surface area contributed by atoms with E-state index in [9.17, 15) is 22.8 Å². The molecule has 1 atom stereocenters. The number of aromatic nitrogens is 4. The second-order valence-electron chi connectivity index (χ2n) is 7.76. The second-order valence-corrected chi connectivity index (χ2v) is 7.76. The molecule has 3 heterocycles. The molecule has 4 aromatic rings. The number of nitrogens with zero attached hydrogens (tertiary/aromatic N) is 4. The lowest BCUT2D eigenvalue weighted by atomic mass is 9.93. The van der Waals surface area contributed by atoms with Gasteiger partial charge in [0.05, 0.1) is 5.56 Å². The monoisotopic (exact) mass is 467 g/mol. The molecule has 2 aromatic carbocycles. The van der Waals surface area contributed by atoms with Crippen LogP contribution < -0.4 is 5.32 Å². The molecule has 0 spiro atoms. The van der Waals surface area contributed by atoms with Crippen LogP contribution in [0.15, 0.2) is 54.6 Å². The Morgan fingerprint density at radius 2 is 1.88 bits per heavy atom. The van der Waals surface area contributed by atoms with Crippen molar-refractivity contribution in [2.24, 2.45) is 0 Å². The highest BCUT2D eigenvalue weighted by molar-refractivity contribution is 6.05. The molecule has 0 aliphatic carbocycles. The SMILES string of the molecule is Cc1cc(NC(=O)c2ccc3c(c2)CC(c2ccccc2)OC3=O)nc2nc(C(F)(F)F)nn12. The molecule has 0 radical (unpaired) electrons. The van der Waals surface area contributed by atoms with Gasteiger partial charge in [-0.2, -0.15) is 23.1 Å². The molecule has 8 nitrogen and oxygen atoms in total. The van der Waals surface area contributed by atoms with E-state index < -0.39 is 30.0 Å². The number of hydrogen-bond donors (Lipinski definition) is 1. The lowest BCUT2D eigenvalue weighted by Gasteiger charge is -2.25. The maximum atomic E-state index is 12.9. The number of alkyl halides is 3. The van der Waals surface area contributed by atoms with Crippen LogP contribution in [-0.4, -0.2) is 31.5 Å². The van der Waals surface area contributed by atoms with E-state index in [1.165, 1.54) is 25.1 Å². The standard InChI is InChI=1S/C23H16F3N5O3/c1-12-9-18(28-22-29-21(23(24,25)26)30-31(12)22)27-19(32)14-7-8-16-15(10-14)11-17(34-20(16)33)13-5-3-2-4-6-13/h2-10,17H,11H2,1H3,(H,27,28,29,30,32). The fourth-order valence-electron chi connectivity index (χ4n) is 3.78. The number of esters is 1. The number of amides is 1. The first-order valence-corrected chi connectivity index (χ1v) is 10.2. The van der Waals surface area contributed by atoms with E-state index in [2.05, 4.69) is 20.4 Å². The third-order valence-corrected chi connectivity index (χ3v) is 5.40. The zero-order valence-corrected chi connectivity index (χ0v) is 17.6. The summed E-state index contributed by atoms with van der Waals surface area (Å²) in [5.74, 6) is -2.60. The van der Waals surface area contributed by atoms with Crippen LogP contribution in [0.5, 0.6) is 0 Å². The normalized spacial score (nSPS) is 15.6. The van der Waals surface area contributed by atoms with Crippen molar-refractivity contribution in [2.45, 2.75) is 25.6 Å². The topological polar surface area (TPSA) is 98.5 Å². The fourth-order valence-corrected chi connectivity index (χ4v) is 3.78. The van der Waals surface area contributed by atoms with E-state index >= 15 is 0 Å². The Bertz CT molecular complexity index is 1430.